The van der Waals surface area contributed by atoms with Gasteiger partial charge in [0.05, 0.1) is 26.2 Å². The molecule has 0 fully saturated rings. The highest BCUT2D eigenvalue weighted by atomic mass is 35.5. The van der Waals surface area contributed by atoms with Gasteiger partial charge in [-0.15, -0.1) is 0 Å². The van der Waals surface area contributed by atoms with Gasteiger partial charge in [-0.3, -0.25) is 4.72 Å². The minimum atomic E-state index is -4.63. The normalized spacial score (nSPS) is 12.2. The number of rotatable bonds is 3. The Morgan fingerprint density at radius 3 is 1.91 bits per heavy atom. The summed E-state index contributed by atoms with van der Waals surface area (Å²) in [6.07, 6.45) is -4.63. The van der Waals surface area contributed by atoms with Gasteiger partial charge in [0.2, 0.25) is 0 Å². The SMILES string of the molecule is O=S(=O)(Nc1c(Cl)cc(C(F)(F)F)cc1Cl)c1ccccc1. The van der Waals surface area contributed by atoms with E-state index < -0.39 is 31.8 Å². The zero-order valence-electron chi connectivity index (χ0n) is 10.7. The Morgan fingerprint density at radius 1 is 0.955 bits per heavy atom. The van der Waals surface area contributed by atoms with Gasteiger partial charge in [-0.05, 0) is 24.3 Å². The van der Waals surface area contributed by atoms with Crippen molar-refractivity contribution in [3.05, 3.63) is 58.1 Å². The summed E-state index contributed by atoms with van der Waals surface area (Å²) < 4.78 is 64.2. The molecule has 0 heterocycles. The molecule has 0 spiro atoms. The number of hydrogen-bond donors (Lipinski definition) is 1. The zero-order valence-corrected chi connectivity index (χ0v) is 13.0. The van der Waals surface area contributed by atoms with Crippen LogP contribution < -0.4 is 4.72 Å². The van der Waals surface area contributed by atoms with Crippen LogP contribution in [-0.4, -0.2) is 8.42 Å². The van der Waals surface area contributed by atoms with Gasteiger partial charge in [-0.1, -0.05) is 41.4 Å². The summed E-state index contributed by atoms with van der Waals surface area (Å²) in [4.78, 5) is -0.0676. The van der Waals surface area contributed by atoms with Crippen molar-refractivity contribution in [3.8, 4) is 0 Å². The van der Waals surface area contributed by atoms with E-state index in [2.05, 4.69) is 4.72 Å². The largest absolute Gasteiger partial charge is 0.416 e. The molecule has 0 unspecified atom stereocenters. The van der Waals surface area contributed by atoms with E-state index in [1.165, 1.54) is 24.3 Å². The molecule has 0 aliphatic rings. The first kappa shape index (κ1) is 16.9. The topological polar surface area (TPSA) is 46.2 Å². The van der Waals surface area contributed by atoms with E-state index in [-0.39, 0.29) is 10.6 Å². The van der Waals surface area contributed by atoms with Crippen molar-refractivity contribution in [3.63, 3.8) is 0 Å². The first-order valence-electron chi connectivity index (χ1n) is 5.75. The fourth-order valence-electron chi connectivity index (χ4n) is 1.63. The molecule has 0 aromatic heterocycles. The first-order chi connectivity index (χ1) is 10.1. The van der Waals surface area contributed by atoms with Gasteiger partial charge in [0.25, 0.3) is 10.0 Å². The smallest absolute Gasteiger partial charge is 0.277 e. The van der Waals surface area contributed by atoms with E-state index in [9.17, 15) is 21.6 Å². The Balaban J connectivity index is 2.43. The monoisotopic (exact) mass is 369 g/mol. The van der Waals surface area contributed by atoms with Crippen molar-refractivity contribution in [2.75, 3.05) is 4.72 Å². The lowest BCUT2D eigenvalue weighted by atomic mass is 10.2. The molecule has 22 heavy (non-hydrogen) atoms. The van der Waals surface area contributed by atoms with Crippen LogP contribution in [0.5, 0.6) is 0 Å². The van der Waals surface area contributed by atoms with Crippen LogP contribution in [-0.2, 0) is 16.2 Å². The van der Waals surface area contributed by atoms with Crippen LogP contribution in [0.4, 0.5) is 18.9 Å². The molecular formula is C13H8Cl2F3NO2S. The number of benzene rings is 2. The predicted molar refractivity (Wildman–Crippen MR) is 78.7 cm³/mol. The van der Waals surface area contributed by atoms with Crippen LogP contribution in [0.2, 0.25) is 10.0 Å². The molecule has 0 amide bonds. The van der Waals surface area contributed by atoms with Gasteiger partial charge < -0.3 is 0 Å². The molecule has 0 aliphatic carbocycles. The van der Waals surface area contributed by atoms with Crippen molar-refractivity contribution in [1.82, 2.24) is 0 Å². The van der Waals surface area contributed by atoms with Gasteiger partial charge in [0.1, 0.15) is 0 Å². The van der Waals surface area contributed by atoms with Crippen molar-refractivity contribution in [2.45, 2.75) is 11.1 Å². The second-order valence-electron chi connectivity index (χ2n) is 4.23. The van der Waals surface area contributed by atoms with Crippen molar-refractivity contribution in [1.29, 1.82) is 0 Å². The molecule has 0 radical (unpaired) electrons. The molecule has 0 saturated carbocycles. The van der Waals surface area contributed by atoms with Crippen LogP contribution in [0.25, 0.3) is 0 Å². The van der Waals surface area contributed by atoms with E-state index in [1.807, 2.05) is 0 Å². The molecule has 9 heteroatoms. The number of sulfonamides is 1. The third kappa shape index (κ3) is 3.66. The van der Waals surface area contributed by atoms with Gasteiger partial charge in [-0.2, -0.15) is 13.2 Å². The summed E-state index contributed by atoms with van der Waals surface area (Å²) in [5.41, 5.74) is -1.37. The molecule has 3 nitrogen and oxygen atoms in total. The number of anilines is 1. The molecule has 2 aromatic carbocycles. The average Bonchev–Trinajstić information content (AvgIpc) is 2.42. The molecule has 2 rings (SSSR count). The molecule has 2 aromatic rings. The van der Waals surface area contributed by atoms with Crippen LogP contribution in [0.15, 0.2) is 47.4 Å². The number of nitrogens with one attached hydrogen (secondary N) is 1. The minimum absolute atomic E-state index is 0.0676. The standard InChI is InChI=1S/C13H8Cl2F3NO2S/c14-10-6-8(13(16,17)18)7-11(15)12(10)19-22(20,21)9-4-2-1-3-5-9/h1-7,19H. The van der Waals surface area contributed by atoms with E-state index in [4.69, 9.17) is 23.2 Å². The van der Waals surface area contributed by atoms with Gasteiger partial charge in [0, 0.05) is 0 Å². The van der Waals surface area contributed by atoms with Crippen molar-refractivity contribution >= 4 is 38.9 Å². The summed E-state index contributed by atoms with van der Waals surface area (Å²) in [5.74, 6) is 0. The van der Waals surface area contributed by atoms with Gasteiger partial charge in [-0.25, -0.2) is 8.42 Å². The summed E-state index contributed by atoms with van der Waals surface area (Å²) in [6.45, 7) is 0. The first-order valence-corrected chi connectivity index (χ1v) is 7.99. The summed E-state index contributed by atoms with van der Waals surface area (Å²) in [5, 5.41) is -0.890. The zero-order chi connectivity index (χ0) is 16.5. The van der Waals surface area contributed by atoms with Gasteiger partial charge >= 0.3 is 6.18 Å². The third-order valence-electron chi connectivity index (χ3n) is 2.66. The molecule has 0 bridgehead atoms. The van der Waals surface area contributed by atoms with E-state index in [0.717, 1.165) is 0 Å². The highest BCUT2D eigenvalue weighted by Crippen LogP contribution is 2.39. The average molecular weight is 370 g/mol. The predicted octanol–water partition coefficient (Wildman–Crippen LogP) is 4.81. The number of hydrogen-bond acceptors (Lipinski definition) is 2. The van der Waals surface area contributed by atoms with E-state index in [1.54, 1.807) is 6.07 Å². The molecule has 118 valence electrons. The van der Waals surface area contributed by atoms with Crippen LogP contribution in [0.3, 0.4) is 0 Å². The maximum Gasteiger partial charge on any atom is 0.416 e. The Kier molecular flexibility index (Phi) is 4.60. The maximum atomic E-state index is 12.6. The fourth-order valence-corrected chi connectivity index (χ4v) is 3.44. The van der Waals surface area contributed by atoms with Crippen LogP contribution in [0, 0.1) is 0 Å². The molecular weight excluding hydrogens is 362 g/mol. The number of alkyl halides is 3. The Hall–Kier alpha value is -1.44. The molecule has 0 atom stereocenters. The van der Waals surface area contributed by atoms with E-state index >= 15 is 0 Å². The second kappa shape index (κ2) is 5.98. The van der Waals surface area contributed by atoms with Crippen molar-refractivity contribution in [2.24, 2.45) is 0 Å². The molecule has 1 N–H and O–H groups in total. The Labute approximate surface area is 134 Å². The highest BCUT2D eigenvalue weighted by molar-refractivity contribution is 7.92. The number of halogens is 5. The molecule has 0 aliphatic heterocycles. The van der Waals surface area contributed by atoms with Crippen LogP contribution >= 0.6 is 23.2 Å². The Bertz CT molecular complexity index is 770. The lowest BCUT2D eigenvalue weighted by Crippen LogP contribution is -2.14. The highest BCUT2D eigenvalue weighted by Gasteiger charge is 2.32. The third-order valence-corrected chi connectivity index (χ3v) is 4.62. The minimum Gasteiger partial charge on any atom is -0.277 e. The second-order valence-corrected chi connectivity index (χ2v) is 6.73. The fraction of sp³-hybridized carbons (Fsp3) is 0.0769. The summed E-state index contributed by atoms with van der Waals surface area (Å²) in [7, 11) is -4.01. The molecule has 0 saturated heterocycles. The Morgan fingerprint density at radius 2 is 1.45 bits per heavy atom. The lowest BCUT2D eigenvalue weighted by molar-refractivity contribution is -0.137. The van der Waals surface area contributed by atoms with Gasteiger partial charge in [0.15, 0.2) is 0 Å². The van der Waals surface area contributed by atoms with Crippen LogP contribution in [0.1, 0.15) is 5.56 Å². The lowest BCUT2D eigenvalue weighted by Gasteiger charge is -2.14. The summed E-state index contributed by atoms with van der Waals surface area (Å²) >= 11 is 11.4. The maximum absolute atomic E-state index is 12.6. The quantitative estimate of drug-likeness (QED) is 0.843. The van der Waals surface area contributed by atoms with Crippen molar-refractivity contribution < 1.29 is 21.6 Å². The summed E-state index contributed by atoms with van der Waals surface area (Å²) in [6, 6.07) is 8.50. The van der Waals surface area contributed by atoms with E-state index in [0.29, 0.717) is 12.1 Å².